The van der Waals surface area contributed by atoms with Gasteiger partial charge in [0.05, 0.1) is 0 Å². The zero-order valence-electron chi connectivity index (χ0n) is 8.56. The van der Waals surface area contributed by atoms with Crippen LogP contribution in [-0.4, -0.2) is 32.2 Å². The first kappa shape index (κ1) is 13.4. The average molecular weight is 258 g/mol. The Bertz CT molecular complexity index is 600. The van der Waals surface area contributed by atoms with E-state index < -0.39 is 12.1 Å². The summed E-state index contributed by atoms with van der Waals surface area (Å²) in [5.74, 6) is -2.56. The molecule has 94 valence electrons. The van der Waals surface area contributed by atoms with Gasteiger partial charge in [-0.05, 0) is 6.07 Å². The van der Waals surface area contributed by atoms with Crippen molar-refractivity contribution in [1.82, 2.24) is 15.0 Å². The van der Waals surface area contributed by atoms with E-state index in [1.807, 2.05) is 12.1 Å². The predicted molar refractivity (Wildman–Crippen MR) is 52.3 cm³/mol. The molecule has 2 aromatic rings. The lowest BCUT2D eigenvalue weighted by Crippen LogP contribution is -2.21. The number of nitrogens with zero attached hydrogens (tertiary/aromatic N) is 3. The lowest BCUT2D eigenvalue weighted by atomic mass is 10.4. The van der Waals surface area contributed by atoms with Crippen molar-refractivity contribution in [1.29, 1.82) is 5.26 Å². The molecule has 0 saturated carbocycles. The first-order valence-electron chi connectivity index (χ1n) is 4.35. The van der Waals surface area contributed by atoms with E-state index in [4.69, 9.17) is 15.2 Å². The number of hydrogen-bond donors (Lipinski definition) is 2. The maximum Gasteiger partial charge on any atom is 0.490 e. The van der Waals surface area contributed by atoms with Crippen molar-refractivity contribution in [3.05, 3.63) is 24.3 Å². The van der Waals surface area contributed by atoms with Crippen molar-refractivity contribution in [2.24, 2.45) is 0 Å². The van der Waals surface area contributed by atoms with Crippen LogP contribution >= 0.6 is 0 Å². The fraction of sp³-hybridized carbons (Fsp3) is 0.111. The second-order valence-corrected chi connectivity index (χ2v) is 2.89. The number of nitriles is 1. The number of hydrogen-bond acceptors (Lipinski definition) is 4. The number of aromatic nitrogens is 3. The van der Waals surface area contributed by atoms with Crippen molar-refractivity contribution in [3.8, 4) is 6.07 Å². The topological polar surface area (TPSA) is 103 Å². The fourth-order valence-corrected chi connectivity index (χ4v) is 0.893. The molecule has 0 radical (unpaired) electrons. The normalized spacial score (nSPS) is 10.3. The molecular formula is C9H5F3N4O2. The van der Waals surface area contributed by atoms with Crippen LogP contribution in [0.3, 0.4) is 0 Å². The highest BCUT2D eigenvalue weighted by atomic mass is 19.4. The van der Waals surface area contributed by atoms with Crippen molar-refractivity contribution < 1.29 is 23.1 Å². The van der Waals surface area contributed by atoms with Gasteiger partial charge in [0.2, 0.25) is 5.82 Å². The highest BCUT2D eigenvalue weighted by Crippen LogP contribution is 2.13. The van der Waals surface area contributed by atoms with E-state index in [9.17, 15) is 13.2 Å². The Morgan fingerprint density at radius 2 is 2.11 bits per heavy atom. The third-order valence-electron chi connectivity index (χ3n) is 1.64. The molecule has 0 aromatic carbocycles. The van der Waals surface area contributed by atoms with Gasteiger partial charge < -0.3 is 10.1 Å². The monoisotopic (exact) mass is 258 g/mol. The highest BCUT2D eigenvalue weighted by Gasteiger charge is 2.38. The largest absolute Gasteiger partial charge is 0.490 e. The third-order valence-corrected chi connectivity index (χ3v) is 1.64. The smallest absolute Gasteiger partial charge is 0.475 e. The molecule has 0 fully saturated rings. The van der Waals surface area contributed by atoms with Gasteiger partial charge in [-0.15, -0.1) is 0 Å². The molecule has 2 rings (SSSR count). The molecule has 0 aliphatic rings. The van der Waals surface area contributed by atoms with E-state index in [1.54, 1.807) is 12.4 Å². The lowest BCUT2D eigenvalue weighted by molar-refractivity contribution is -0.192. The lowest BCUT2D eigenvalue weighted by Gasteiger charge is -1.93. The molecule has 2 heterocycles. The van der Waals surface area contributed by atoms with Gasteiger partial charge in [-0.2, -0.15) is 18.4 Å². The van der Waals surface area contributed by atoms with Crippen LogP contribution in [0.2, 0.25) is 0 Å². The molecule has 0 spiro atoms. The number of aromatic amines is 1. The standard InChI is InChI=1S/C7H4N4.C2HF3O2/c8-3-6-10-4-5-1-2-9-7(5)11-6;3-2(4,5)1(6)7/h1-2,4H,(H,9,10,11);(H,6,7). The third kappa shape index (κ3) is 3.44. The molecule has 6 nitrogen and oxygen atoms in total. The summed E-state index contributed by atoms with van der Waals surface area (Å²) in [6, 6.07) is 3.72. The van der Waals surface area contributed by atoms with Gasteiger partial charge in [0.1, 0.15) is 11.7 Å². The van der Waals surface area contributed by atoms with E-state index in [2.05, 4.69) is 15.0 Å². The Labute approximate surface area is 97.7 Å². The Balaban J connectivity index is 0.000000203. The predicted octanol–water partition coefficient (Wildman–Crippen LogP) is 1.46. The Morgan fingerprint density at radius 1 is 1.50 bits per heavy atom. The quantitative estimate of drug-likeness (QED) is 0.744. The van der Waals surface area contributed by atoms with E-state index in [0.717, 1.165) is 5.39 Å². The summed E-state index contributed by atoms with van der Waals surface area (Å²) in [6.45, 7) is 0. The van der Waals surface area contributed by atoms with Crippen LogP contribution in [-0.2, 0) is 4.79 Å². The number of halogens is 3. The summed E-state index contributed by atoms with van der Waals surface area (Å²) in [4.78, 5) is 19.5. The Hall–Kier alpha value is -2.63. The van der Waals surface area contributed by atoms with Gasteiger partial charge in [0.15, 0.2) is 0 Å². The molecule has 0 bridgehead atoms. The maximum absolute atomic E-state index is 10.6. The van der Waals surface area contributed by atoms with E-state index >= 15 is 0 Å². The second-order valence-electron chi connectivity index (χ2n) is 2.89. The Kier molecular flexibility index (Phi) is 3.83. The van der Waals surface area contributed by atoms with Gasteiger partial charge in [-0.3, -0.25) is 0 Å². The molecule has 0 amide bonds. The SMILES string of the molecule is N#Cc1ncc2cc[nH]c2n1.O=C(O)C(F)(F)F. The van der Waals surface area contributed by atoms with Crippen LogP contribution < -0.4 is 0 Å². The van der Waals surface area contributed by atoms with E-state index in [0.29, 0.717) is 5.65 Å². The number of fused-ring (bicyclic) bond motifs is 1. The summed E-state index contributed by atoms with van der Waals surface area (Å²) in [6.07, 6.45) is -1.70. The molecule has 0 unspecified atom stereocenters. The summed E-state index contributed by atoms with van der Waals surface area (Å²) in [5, 5.41) is 16.5. The van der Waals surface area contributed by atoms with Gasteiger partial charge in [0, 0.05) is 17.8 Å². The highest BCUT2D eigenvalue weighted by molar-refractivity contribution is 5.74. The summed E-state index contributed by atoms with van der Waals surface area (Å²) in [7, 11) is 0. The molecular weight excluding hydrogens is 253 g/mol. The van der Waals surface area contributed by atoms with Crippen molar-refractivity contribution >= 4 is 17.0 Å². The van der Waals surface area contributed by atoms with Crippen LogP contribution in [0.25, 0.3) is 11.0 Å². The minimum Gasteiger partial charge on any atom is -0.475 e. The molecule has 18 heavy (non-hydrogen) atoms. The zero-order chi connectivity index (χ0) is 13.8. The number of nitrogens with one attached hydrogen (secondary N) is 1. The summed E-state index contributed by atoms with van der Waals surface area (Å²) in [5.41, 5.74) is 0.705. The van der Waals surface area contributed by atoms with Gasteiger partial charge in [-0.25, -0.2) is 14.8 Å². The van der Waals surface area contributed by atoms with Crippen molar-refractivity contribution in [3.63, 3.8) is 0 Å². The second kappa shape index (κ2) is 5.13. The van der Waals surface area contributed by atoms with Crippen molar-refractivity contribution in [2.75, 3.05) is 0 Å². The summed E-state index contributed by atoms with van der Waals surface area (Å²) >= 11 is 0. The first-order valence-corrected chi connectivity index (χ1v) is 4.35. The molecule has 0 saturated heterocycles. The molecule has 2 N–H and O–H groups in total. The maximum atomic E-state index is 10.6. The van der Waals surface area contributed by atoms with Gasteiger partial charge in [-0.1, -0.05) is 0 Å². The van der Waals surface area contributed by atoms with Crippen LogP contribution in [0.15, 0.2) is 18.5 Å². The molecule has 9 heteroatoms. The van der Waals surface area contributed by atoms with Crippen LogP contribution in [0.4, 0.5) is 13.2 Å². The number of carboxylic acids is 1. The van der Waals surface area contributed by atoms with E-state index in [1.165, 1.54) is 0 Å². The average Bonchev–Trinajstić information content (AvgIpc) is 2.75. The molecule has 0 aliphatic heterocycles. The first-order chi connectivity index (χ1) is 8.34. The number of carboxylic acid groups (broad SMARTS) is 1. The molecule has 0 atom stereocenters. The number of alkyl halides is 3. The van der Waals surface area contributed by atoms with Gasteiger partial charge >= 0.3 is 12.1 Å². The number of H-pyrrole nitrogens is 1. The van der Waals surface area contributed by atoms with Crippen LogP contribution in [0, 0.1) is 11.3 Å². The van der Waals surface area contributed by atoms with E-state index in [-0.39, 0.29) is 5.82 Å². The van der Waals surface area contributed by atoms with Crippen LogP contribution in [0.1, 0.15) is 5.82 Å². The minimum absolute atomic E-state index is 0.194. The van der Waals surface area contributed by atoms with Crippen molar-refractivity contribution in [2.45, 2.75) is 6.18 Å². The minimum atomic E-state index is -5.08. The zero-order valence-corrected chi connectivity index (χ0v) is 8.56. The molecule has 0 aliphatic carbocycles. The van der Waals surface area contributed by atoms with Gasteiger partial charge in [0.25, 0.3) is 0 Å². The summed E-state index contributed by atoms with van der Waals surface area (Å²) < 4.78 is 31.7. The number of carbonyl (C=O) groups is 1. The Morgan fingerprint density at radius 3 is 2.61 bits per heavy atom. The number of rotatable bonds is 0. The number of aliphatic carboxylic acids is 1. The van der Waals surface area contributed by atoms with Crippen LogP contribution in [0.5, 0.6) is 0 Å². The fourth-order valence-electron chi connectivity index (χ4n) is 0.893. The molecule has 2 aromatic heterocycles.